The van der Waals surface area contributed by atoms with E-state index < -0.39 is 11.8 Å². The fourth-order valence-electron chi connectivity index (χ4n) is 1.97. The highest BCUT2D eigenvalue weighted by atomic mass is 19.1. The predicted molar refractivity (Wildman–Crippen MR) is 65.2 cm³/mol. The van der Waals surface area contributed by atoms with Gasteiger partial charge in [-0.05, 0) is 31.0 Å². The van der Waals surface area contributed by atoms with Crippen molar-refractivity contribution in [3.8, 4) is 0 Å². The fraction of sp³-hybridized carbons (Fsp3) is 0.462. The number of hydrogen-bond acceptors (Lipinski definition) is 4. The minimum Gasteiger partial charge on any atom is -0.465 e. The van der Waals surface area contributed by atoms with E-state index in [4.69, 9.17) is 4.74 Å². The first-order chi connectivity index (χ1) is 8.70. The Morgan fingerprint density at radius 2 is 2.39 bits per heavy atom. The molecule has 0 aromatic heterocycles. The van der Waals surface area contributed by atoms with Crippen LogP contribution in [0.2, 0.25) is 0 Å². The Hall–Kier alpha value is -1.62. The van der Waals surface area contributed by atoms with Crippen LogP contribution in [0, 0.1) is 5.82 Å². The monoisotopic (exact) mass is 253 g/mol. The summed E-state index contributed by atoms with van der Waals surface area (Å²) in [4.78, 5) is 11.4. The Bertz CT molecular complexity index is 430. The summed E-state index contributed by atoms with van der Waals surface area (Å²) in [7, 11) is 1.23. The molecule has 0 saturated carbocycles. The third-order valence-corrected chi connectivity index (χ3v) is 2.90. The van der Waals surface area contributed by atoms with Crippen LogP contribution in [0.15, 0.2) is 18.2 Å². The Morgan fingerprint density at radius 3 is 3.06 bits per heavy atom. The number of esters is 1. The Labute approximate surface area is 105 Å². The van der Waals surface area contributed by atoms with Gasteiger partial charge < -0.3 is 14.8 Å². The molecule has 1 aromatic rings. The maximum Gasteiger partial charge on any atom is 0.340 e. The van der Waals surface area contributed by atoms with Crippen LogP contribution >= 0.6 is 0 Å². The highest BCUT2D eigenvalue weighted by Crippen LogP contribution is 2.18. The van der Waals surface area contributed by atoms with Crippen LogP contribution in [0.1, 0.15) is 23.2 Å². The molecule has 1 fully saturated rings. The fourth-order valence-corrected chi connectivity index (χ4v) is 1.97. The topological polar surface area (TPSA) is 47.6 Å². The molecule has 98 valence electrons. The molecule has 5 heteroatoms. The van der Waals surface area contributed by atoms with E-state index in [1.807, 2.05) is 0 Å². The molecule has 18 heavy (non-hydrogen) atoms. The average Bonchev–Trinajstić information content (AvgIpc) is 2.41. The molecule has 4 nitrogen and oxygen atoms in total. The summed E-state index contributed by atoms with van der Waals surface area (Å²) in [5, 5.41) is 3.23. The third kappa shape index (κ3) is 2.98. The number of hydrogen-bond donors (Lipinski definition) is 1. The normalized spacial score (nSPS) is 19.3. The van der Waals surface area contributed by atoms with Gasteiger partial charge in [-0.1, -0.05) is 0 Å². The lowest BCUT2D eigenvalue weighted by Gasteiger charge is -2.24. The van der Waals surface area contributed by atoms with Gasteiger partial charge in [0.1, 0.15) is 5.82 Å². The van der Waals surface area contributed by atoms with E-state index in [0.29, 0.717) is 12.3 Å². The lowest BCUT2D eigenvalue weighted by molar-refractivity contribution is 0.0595. The lowest BCUT2D eigenvalue weighted by atomic mass is 10.1. The van der Waals surface area contributed by atoms with Crippen molar-refractivity contribution in [2.75, 3.05) is 25.6 Å². The average molecular weight is 253 g/mol. The predicted octanol–water partition coefficient (Wildman–Crippen LogP) is 2.20. The molecule has 1 atom stereocenters. The summed E-state index contributed by atoms with van der Waals surface area (Å²) in [6, 6.07) is 4.54. The van der Waals surface area contributed by atoms with E-state index in [1.165, 1.54) is 19.2 Å². The molecule has 0 aliphatic carbocycles. The van der Waals surface area contributed by atoms with Crippen LogP contribution in [-0.2, 0) is 9.47 Å². The number of carbonyl (C=O) groups excluding carboxylic acids is 1. The van der Waals surface area contributed by atoms with Crippen molar-refractivity contribution in [1.29, 1.82) is 0 Å². The first-order valence-corrected chi connectivity index (χ1v) is 5.93. The second-order valence-electron chi connectivity index (χ2n) is 4.24. The number of methoxy groups -OCH3 is 1. The molecule has 0 spiro atoms. The van der Waals surface area contributed by atoms with Crippen LogP contribution in [0.5, 0.6) is 0 Å². The number of carbonyl (C=O) groups is 1. The van der Waals surface area contributed by atoms with Gasteiger partial charge in [0, 0.05) is 18.3 Å². The Kier molecular flexibility index (Phi) is 4.15. The molecule has 0 amide bonds. The van der Waals surface area contributed by atoms with E-state index in [2.05, 4.69) is 10.1 Å². The van der Waals surface area contributed by atoms with Crippen LogP contribution in [0.25, 0.3) is 0 Å². The van der Waals surface area contributed by atoms with Gasteiger partial charge in [0.05, 0.1) is 19.3 Å². The summed E-state index contributed by atoms with van der Waals surface area (Å²) in [6.45, 7) is 1.42. The van der Waals surface area contributed by atoms with Crippen molar-refractivity contribution in [3.63, 3.8) is 0 Å². The molecular weight excluding hydrogens is 237 g/mol. The SMILES string of the molecule is COC(=O)c1cc(NC2CCCOC2)ccc1F. The highest BCUT2D eigenvalue weighted by molar-refractivity contribution is 5.90. The summed E-state index contributed by atoms with van der Waals surface area (Å²) in [5.74, 6) is -1.25. The second kappa shape index (κ2) is 5.82. The molecule has 2 rings (SSSR count). The number of halogens is 1. The largest absolute Gasteiger partial charge is 0.465 e. The van der Waals surface area contributed by atoms with Crippen molar-refractivity contribution in [2.24, 2.45) is 0 Å². The number of ether oxygens (including phenoxy) is 2. The number of nitrogens with one attached hydrogen (secondary N) is 1. The number of rotatable bonds is 3. The van der Waals surface area contributed by atoms with E-state index in [-0.39, 0.29) is 11.6 Å². The van der Waals surface area contributed by atoms with Crippen LogP contribution in [-0.4, -0.2) is 32.3 Å². The van der Waals surface area contributed by atoms with Crippen molar-refractivity contribution in [3.05, 3.63) is 29.6 Å². The van der Waals surface area contributed by atoms with E-state index in [9.17, 15) is 9.18 Å². The van der Waals surface area contributed by atoms with Crippen molar-refractivity contribution < 1.29 is 18.7 Å². The molecule has 0 radical (unpaired) electrons. The number of anilines is 1. The zero-order valence-electron chi connectivity index (χ0n) is 10.2. The molecule has 1 aromatic carbocycles. The molecule has 1 aliphatic rings. The van der Waals surface area contributed by atoms with Crippen molar-refractivity contribution in [1.82, 2.24) is 0 Å². The van der Waals surface area contributed by atoms with Crippen LogP contribution in [0.4, 0.5) is 10.1 Å². The zero-order chi connectivity index (χ0) is 13.0. The van der Waals surface area contributed by atoms with Gasteiger partial charge in [-0.15, -0.1) is 0 Å². The first kappa shape index (κ1) is 12.8. The third-order valence-electron chi connectivity index (χ3n) is 2.90. The lowest BCUT2D eigenvalue weighted by Crippen LogP contribution is -2.30. The van der Waals surface area contributed by atoms with E-state index >= 15 is 0 Å². The summed E-state index contributed by atoms with van der Waals surface area (Å²) < 4.78 is 23.3. The maximum absolute atomic E-state index is 13.4. The van der Waals surface area contributed by atoms with Crippen molar-refractivity contribution >= 4 is 11.7 Å². The van der Waals surface area contributed by atoms with Crippen molar-refractivity contribution in [2.45, 2.75) is 18.9 Å². The number of benzene rings is 1. The standard InChI is InChI=1S/C13H16FNO3/c1-17-13(16)11-7-9(4-5-12(11)14)15-10-3-2-6-18-8-10/h4-5,7,10,15H,2-3,6,8H2,1H3. The molecule has 1 unspecified atom stereocenters. The highest BCUT2D eigenvalue weighted by Gasteiger charge is 2.16. The van der Waals surface area contributed by atoms with Crippen LogP contribution < -0.4 is 5.32 Å². The molecular formula is C13H16FNO3. The van der Waals surface area contributed by atoms with Crippen LogP contribution in [0.3, 0.4) is 0 Å². The second-order valence-corrected chi connectivity index (χ2v) is 4.24. The Morgan fingerprint density at radius 1 is 1.56 bits per heavy atom. The summed E-state index contributed by atoms with van der Waals surface area (Å²) in [6.07, 6.45) is 2.01. The van der Waals surface area contributed by atoms with E-state index in [0.717, 1.165) is 19.4 Å². The molecule has 0 bridgehead atoms. The minimum absolute atomic E-state index is 0.0563. The van der Waals surface area contributed by atoms with Gasteiger partial charge in [-0.2, -0.15) is 0 Å². The quantitative estimate of drug-likeness (QED) is 0.839. The van der Waals surface area contributed by atoms with Gasteiger partial charge in [0.2, 0.25) is 0 Å². The smallest absolute Gasteiger partial charge is 0.340 e. The zero-order valence-corrected chi connectivity index (χ0v) is 10.2. The van der Waals surface area contributed by atoms with Gasteiger partial charge in [-0.25, -0.2) is 9.18 Å². The first-order valence-electron chi connectivity index (χ1n) is 5.93. The molecule has 1 N–H and O–H groups in total. The minimum atomic E-state index is -0.670. The Balaban J connectivity index is 2.11. The maximum atomic E-state index is 13.4. The molecule has 1 heterocycles. The molecule has 1 aliphatic heterocycles. The van der Waals surface area contributed by atoms with Gasteiger partial charge >= 0.3 is 5.97 Å². The van der Waals surface area contributed by atoms with E-state index in [1.54, 1.807) is 6.07 Å². The molecule has 1 saturated heterocycles. The van der Waals surface area contributed by atoms with Gasteiger partial charge in [0.15, 0.2) is 0 Å². The summed E-state index contributed by atoms with van der Waals surface area (Å²) >= 11 is 0. The van der Waals surface area contributed by atoms with Gasteiger partial charge in [-0.3, -0.25) is 0 Å². The summed E-state index contributed by atoms with van der Waals surface area (Å²) in [5.41, 5.74) is 0.645. The van der Waals surface area contributed by atoms with Gasteiger partial charge in [0.25, 0.3) is 0 Å².